The van der Waals surface area contributed by atoms with Gasteiger partial charge < -0.3 is 9.47 Å². The van der Waals surface area contributed by atoms with Gasteiger partial charge in [0, 0.05) is 5.02 Å². The highest BCUT2D eigenvalue weighted by molar-refractivity contribution is 6.31. The molecule has 0 aliphatic carbocycles. The summed E-state index contributed by atoms with van der Waals surface area (Å²) in [5.41, 5.74) is 4.58. The molecular formula is C17H18ClN3O4. The summed E-state index contributed by atoms with van der Waals surface area (Å²) in [6, 6.07) is 8.22. The first-order valence-electron chi connectivity index (χ1n) is 7.50. The molecule has 0 radical (unpaired) electrons. The Morgan fingerprint density at radius 3 is 2.68 bits per heavy atom. The van der Waals surface area contributed by atoms with E-state index in [9.17, 15) is 10.1 Å². The topological polar surface area (TPSA) is 86.0 Å². The monoisotopic (exact) mass is 363 g/mol. The number of hydrogen-bond acceptors (Lipinski definition) is 6. The average Bonchev–Trinajstić information content (AvgIpc) is 2.58. The standard InChI is InChI=1S/C17H18ClN3O4/c1-4-25-17-7-12(15(21(22)23)9-16(17)24-3)10-19-20-13-6-5-11(2)14(18)8-13/h5-10,20H,4H2,1-3H3. The fraction of sp³-hybridized carbons (Fsp3) is 0.235. The second-order valence-corrected chi connectivity index (χ2v) is 5.49. The summed E-state index contributed by atoms with van der Waals surface area (Å²) < 4.78 is 10.6. The van der Waals surface area contributed by atoms with E-state index in [1.807, 2.05) is 26.0 Å². The Morgan fingerprint density at radius 2 is 2.08 bits per heavy atom. The van der Waals surface area contributed by atoms with Crippen LogP contribution in [0, 0.1) is 17.0 Å². The first-order chi connectivity index (χ1) is 12.0. The number of nitrogens with one attached hydrogen (secondary N) is 1. The minimum atomic E-state index is -0.498. The Morgan fingerprint density at radius 1 is 1.32 bits per heavy atom. The van der Waals surface area contributed by atoms with Crippen molar-refractivity contribution < 1.29 is 14.4 Å². The van der Waals surface area contributed by atoms with Crippen LogP contribution in [0.4, 0.5) is 11.4 Å². The van der Waals surface area contributed by atoms with Crippen LogP contribution >= 0.6 is 11.6 Å². The van der Waals surface area contributed by atoms with Crippen LogP contribution in [0.15, 0.2) is 35.4 Å². The maximum Gasteiger partial charge on any atom is 0.282 e. The maximum atomic E-state index is 11.3. The molecule has 0 fully saturated rings. The van der Waals surface area contributed by atoms with Crippen LogP contribution in [-0.2, 0) is 0 Å². The van der Waals surface area contributed by atoms with E-state index in [0.717, 1.165) is 5.56 Å². The number of aryl methyl sites for hydroxylation is 1. The van der Waals surface area contributed by atoms with Crippen LogP contribution < -0.4 is 14.9 Å². The molecule has 0 aromatic heterocycles. The number of nitro groups is 1. The number of rotatable bonds is 7. The molecule has 0 spiro atoms. The van der Waals surface area contributed by atoms with E-state index >= 15 is 0 Å². The predicted molar refractivity (Wildman–Crippen MR) is 98.2 cm³/mol. The van der Waals surface area contributed by atoms with E-state index < -0.39 is 4.92 Å². The van der Waals surface area contributed by atoms with E-state index in [0.29, 0.717) is 34.4 Å². The van der Waals surface area contributed by atoms with E-state index in [4.69, 9.17) is 21.1 Å². The molecule has 0 saturated heterocycles. The molecule has 0 saturated carbocycles. The Balaban J connectivity index is 2.30. The van der Waals surface area contributed by atoms with Crippen molar-refractivity contribution in [1.29, 1.82) is 0 Å². The molecule has 8 heteroatoms. The molecule has 2 aromatic carbocycles. The molecule has 0 heterocycles. The zero-order valence-electron chi connectivity index (χ0n) is 14.1. The van der Waals surface area contributed by atoms with Crippen LogP contribution in [0.5, 0.6) is 11.5 Å². The third-order valence-electron chi connectivity index (χ3n) is 3.38. The van der Waals surface area contributed by atoms with Gasteiger partial charge in [-0.15, -0.1) is 0 Å². The zero-order valence-corrected chi connectivity index (χ0v) is 14.8. The molecule has 25 heavy (non-hydrogen) atoms. The minimum Gasteiger partial charge on any atom is -0.493 e. The Labute approximate surface area is 150 Å². The number of nitrogens with zero attached hydrogens (tertiary/aromatic N) is 2. The summed E-state index contributed by atoms with van der Waals surface area (Å²) in [7, 11) is 1.43. The molecule has 0 atom stereocenters. The van der Waals surface area contributed by atoms with Crippen molar-refractivity contribution in [2.24, 2.45) is 5.10 Å². The van der Waals surface area contributed by atoms with Gasteiger partial charge in [0.1, 0.15) is 0 Å². The lowest BCUT2D eigenvalue weighted by Crippen LogP contribution is -2.01. The van der Waals surface area contributed by atoms with Crippen molar-refractivity contribution in [2.75, 3.05) is 19.1 Å². The smallest absolute Gasteiger partial charge is 0.282 e. The second-order valence-electron chi connectivity index (χ2n) is 5.09. The Hall–Kier alpha value is -2.80. The molecule has 0 unspecified atom stereocenters. The van der Waals surface area contributed by atoms with Gasteiger partial charge in [-0.2, -0.15) is 5.10 Å². The summed E-state index contributed by atoms with van der Waals surface area (Å²) >= 11 is 6.05. The highest BCUT2D eigenvalue weighted by atomic mass is 35.5. The molecule has 0 bridgehead atoms. The van der Waals surface area contributed by atoms with Crippen molar-refractivity contribution in [2.45, 2.75) is 13.8 Å². The number of halogens is 1. The fourth-order valence-electron chi connectivity index (χ4n) is 2.09. The molecule has 0 aliphatic rings. The number of nitro benzene ring substituents is 1. The number of hydrogen-bond donors (Lipinski definition) is 1. The van der Waals surface area contributed by atoms with Crippen LogP contribution in [0.1, 0.15) is 18.1 Å². The van der Waals surface area contributed by atoms with Crippen LogP contribution in [0.2, 0.25) is 5.02 Å². The summed E-state index contributed by atoms with van der Waals surface area (Å²) in [5.74, 6) is 0.708. The lowest BCUT2D eigenvalue weighted by molar-refractivity contribution is -0.385. The number of hydrazone groups is 1. The second kappa shape index (κ2) is 8.34. The molecule has 2 rings (SSSR count). The number of methoxy groups -OCH3 is 1. The molecule has 2 aromatic rings. The third-order valence-corrected chi connectivity index (χ3v) is 3.79. The summed E-state index contributed by atoms with van der Waals surface area (Å²) in [5, 5.41) is 15.9. The maximum absolute atomic E-state index is 11.3. The molecule has 132 valence electrons. The SMILES string of the molecule is CCOc1cc(C=NNc2ccc(C)c(Cl)c2)c([N+](=O)[O-])cc1OC. The molecule has 0 amide bonds. The van der Waals surface area contributed by atoms with Crippen molar-refractivity contribution in [3.63, 3.8) is 0 Å². The first kappa shape index (κ1) is 18.5. The van der Waals surface area contributed by atoms with Crippen LogP contribution in [0.3, 0.4) is 0 Å². The van der Waals surface area contributed by atoms with Gasteiger partial charge in [-0.3, -0.25) is 15.5 Å². The van der Waals surface area contributed by atoms with Gasteiger partial charge in [0.15, 0.2) is 11.5 Å². The third kappa shape index (κ3) is 4.60. The lowest BCUT2D eigenvalue weighted by atomic mass is 10.1. The largest absolute Gasteiger partial charge is 0.493 e. The summed E-state index contributed by atoms with van der Waals surface area (Å²) in [4.78, 5) is 10.8. The predicted octanol–water partition coefficient (Wildman–Crippen LogP) is 4.41. The van der Waals surface area contributed by atoms with E-state index in [2.05, 4.69) is 10.5 Å². The van der Waals surface area contributed by atoms with Gasteiger partial charge in [-0.05, 0) is 37.6 Å². The van der Waals surface area contributed by atoms with Gasteiger partial charge in [-0.1, -0.05) is 17.7 Å². The highest BCUT2D eigenvalue weighted by Crippen LogP contribution is 2.34. The fourth-order valence-corrected chi connectivity index (χ4v) is 2.27. The molecule has 7 nitrogen and oxygen atoms in total. The highest BCUT2D eigenvalue weighted by Gasteiger charge is 2.18. The van der Waals surface area contributed by atoms with Gasteiger partial charge >= 0.3 is 0 Å². The van der Waals surface area contributed by atoms with E-state index in [1.165, 1.54) is 25.5 Å². The van der Waals surface area contributed by atoms with E-state index in [1.54, 1.807) is 6.07 Å². The van der Waals surface area contributed by atoms with Crippen molar-refractivity contribution >= 4 is 29.2 Å². The molecular weight excluding hydrogens is 346 g/mol. The van der Waals surface area contributed by atoms with Gasteiger partial charge in [0.2, 0.25) is 0 Å². The van der Waals surface area contributed by atoms with Gasteiger partial charge in [0.25, 0.3) is 5.69 Å². The number of benzene rings is 2. The van der Waals surface area contributed by atoms with Gasteiger partial charge in [0.05, 0.1) is 42.2 Å². The van der Waals surface area contributed by atoms with Crippen molar-refractivity contribution in [3.8, 4) is 11.5 Å². The first-order valence-corrected chi connectivity index (χ1v) is 7.88. The van der Waals surface area contributed by atoms with Crippen molar-refractivity contribution in [1.82, 2.24) is 0 Å². The summed E-state index contributed by atoms with van der Waals surface area (Å²) in [6.07, 6.45) is 1.36. The molecule has 0 aliphatic heterocycles. The quantitative estimate of drug-likeness (QED) is 0.447. The van der Waals surface area contributed by atoms with Gasteiger partial charge in [-0.25, -0.2) is 0 Å². The Kier molecular flexibility index (Phi) is 6.19. The minimum absolute atomic E-state index is 0.132. The normalized spacial score (nSPS) is 10.7. The summed E-state index contributed by atoms with van der Waals surface area (Å²) in [6.45, 7) is 4.12. The average molecular weight is 364 g/mol. The van der Waals surface area contributed by atoms with Crippen LogP contribution in [0.25, 0.3) is 0 Å². The lowest BCUT2D eigenvalue weighted by Gasteiger charge is -2.10. The molecule has 1 N–H and O–H groups in total. The van der Waals surface area contributed by atoms with Crippen LogP contribution in [-0.4, -0.2) is 24.9 Å². The van der Waals surface area contributed by atoms with Crippen molar-refractivity contribution in [3.05, 3.63) is 56.6 Å². The number of ether oxygens (including phenoxy) is 2. The Bertz CT molecular complexity index is 809. The van der Waals surface area contributed by atoms with E-state index in [-0.39, 0.29) is 5.69 Å². The zero-order chi connectivity index (χ0) is 18.4. The number of anilines is 1.